The van der Waals surface area contributed by atoms with Gasteiger partial charge in [0, 0.05) is 49.9 Å². The Morgan fingerprint density at radius 3 is 2.65 bits per heavy atom. The van der Waals surface area contributed by atoms with Crippen LogP contribution in [0.3, 0.4) is 0 Å². The molecule has 0 radical (unpaired) electrons. The highest BCUT2D eigenvalue weighted by Crippen LogP contribution is 2.30. The van der Waals surface area contributed by atoms with Crippen LogP contribution in [0.2, 0.25) is 0 Å². The van der Waals surface area contributed by atoms with E-state index in [0.29, 0.717) is 12.6 Å². The molecule has 9 nitrogen and oxygen atoms in total. The normalized spacial score (nSPS) is 23.1. The number of rotatable bonds is 7. The molecule has 37 heavy (non-hydrogen) atoms. The number of benzene rings is 1. The molecule has 0 unspecified atom stereocenters. The highest BCUT2D eigenvalue weighted by atomic mass is 16.5. The molecule has 198 valence electrons. The van der Waals surface area contributed by atoms with Crippen LogP contribution in [0.5, 0.6) is 0 Å². The first-order chi connectivity index (χ1) is 18.2. The Kier molecular flexibility index (Phi) is 7.35. The third-order valence-electron chi connectivity index (χ3n) is 8.65. The quantitative estimate of drug-likeness (QED) is 0.527. The molecule has 2 aromatic heterocycles. The Balaban J connectivity index is 1.35. The van der Waals surface area contributed by atoms with Gasteiger partial charge in [-0.25, -0.2) is 4.68 Å². The SMILES string of the molecule is CCc1ccc2[nH]c(=O)c([C@H](c3nnnn3C[C@H]3CCCO3)N3CCN(C4CCCCC4)CC3)cc2c1. The van der Waals surface area contributed by atoms with Gasteiger partial charge in [-0.3, -0.25) is 14.6 Å². The van der Waals surface area contributed by atoms with E-state index in [2.05, 4.69) is 55.4 Å². The van der Waals surface area contributed by atoms with E-state index in [1.807, 2.05) is 10.7 Å². The number of nitrogens with zero attached hydrogens (tertiary/aromatic N) is 6. The first-order valence-electron chi connectivity index (χ1n) is 14.2. The topological polar surface area (TPSA) is 92.2 Å². The lowest BCUT2D eigenvalue weighted by atomic mass is 9.93. The van der Waals surface area contributed by atoms with Gasteiger partial charge in [-0.2, -0.15) is 0 Å². The number of piperazine rings is 1. The van der Waals surface area contributed by atoms with Crippen molar-refractivity contribution in [3.63, 3.8) is 0 Å². The van der Waals surface area contributed by atoms with Crippen LogP contribution in [-0.4, -0.2) is 79.9 Å². The van der Waals surface area contributed by atoms with Crippen LogP contribution in [-0.2, 0) is 17.7 Å². The van der Waals surface area contributed by atoms with Crippen LogP contribution in [0.15, 0.2) is 29.1 Å². The summed E-state index contributed by atoms with van der Waals surface area (Å²) >= 11 is 0. The van der Waals surface area contributed by atoms with E-state index in [4.69, 9.17) is 4.74 Å². The molecular weight excluding hydrogens is 466 g/mol. The number of ether oxygens (including phenoxy) is 1. The molecule has 1 saturated carbocycles. The molecule has 2 saturated heterocycles. The standard InChI is InChI=1S/C28H39N7O2/c1-2-20-10-11-25-21(17-20)18-24(28(36)29-25)26(27-30-31-32-35(27)19-23-9-6-16-37-23)34-14-12-33(13-15-34)22-7-4-3-5-8-22/h10-11,17-18,22-23,26H,2-9,12-16,19H2,1H3,(H,29,36)/t23-,26-/m1/s1. The van der Waals surface area contributed by atoms with E-state index in [0.717, 1.165) is 74.3 Å². The summed E-state index contributed by atoms with van der Waals surface area (Å²) in [5, 5.41) is 14.0. The van der Waals surface area contributed by atoms with Crippen LogP contribution in [0.4, 0.5) is 0 Å². The molecule has 2 aliphatic heterocycles. The summed E-state index contributed by atoms with van der Waals surface area (Å²) in [5.74, 6) is 0.734. The maximum atomic E-state index is 13.5. The number of aromatic amines is 1. The highest BCUT2D eigenvalue weighted by Gasteiger charge is 2.35. The number of fused-ring (bicyclic) bond motifs is 1. The molecule has 3 fully saturated rings. The Bertz CT molecular complexity index is 1250. The molecule has 4 heterocycles. The van der Waals surface area contributed by atoms with Crippen LogP contribution >= 0.6 is 0 Å². The zero-order valence-corrected chi connectivity index (χ0v) is 21.9. The van der Waals surface area contributed by atoms with Gasteiger partial charge in [0.1, 0.15) is 6.04 Å². The molecule has 3 aliphatic rings. The second kappa shape index (κ2) is 11.0. The summed E-state index contributed by atoms with van der Waals surface area (Å²) in [6.07, 6.45) is 9.84. The zero-order valence-electron chi connectivity index (χ0n) is 21.9. The van der Waals surface area contributed by atoms with E-state index in [1.54, 1.807) is 0 Å². The third kappa shape index (κ3) is 5.22. The fourth-order valence-electron chi connectivity index (χ4n) is 6.52. The number of tetrazole rings is 1. The van der Waals surface area contributed by atoms with Gasteiger partial charge in [0.15, 0.2) is 5.82 Å². The minimum atomic E-state index is -0.302. The number of H-pyrrole nitrogens is 1. The zero-order chi connectivity index (χ0) is 25.2. The van der Waals surface area contributed by atoms with Crippen molar-refractivity contribution in [2.24, 2.45) is 0 Å². The van der Waals surface area contributed by atoms with E-state index >= 15 is 0 Å². The Labute approximate surface area is 218 Å². The summed E-state index contributed by atoms with van der Waals surface area (Å²) in [4.78, 5) is 21.8. The lowest BCUT2D eigenvalue weighted by Crippen LogP contribution is -2.52. The Morgan fingerprint density at radius 2 is 1.89 bits per heavy atom. The molecular formula is C28H39N7O2. The van der Waals surface area contributed by atoms with E-state index in [1.165, 1.54) is 37.7 Å². The van der Waals surface area contributed by atoms with Crippen LogP contribution < -0.4 is 5.56 Å². The van der Waals surface area contributed by atoms with Gasteiger partial charge in [-0.05, 0) is 71.7 Å². The van der Waals surface area contributed by atoms with Gasteiger partial charge < -0.3 is 9.72 Å². The van der Waals surface area contributed by atoms with Crippen molar-refractivity contribution in [3.8, 4) is 0 Å². The van der Waals surface area contributed by atoms with Crippen molar-refractivity contribution in [1.82, 2.24) is 35.0 Å². The molecule has 2 atom stereocenters. The lowest BCUT2D eigenvalue weighted by molar-refractivity contribution is 0.0593. The maximum absolute atomic E-state index is 13.5. The van der Waals surface area contributed by atoms with Gasteiger partial charge in [-0.1, -0.05) is 32.3 Å². The number of hydrogen-bond acceptors (Lipinski definition) is 7. The molecule has 1 aromatic carbocycles. The number of hydrogen-bond donors (Lipinski definition) is 1. The second-order valence-corrected chi connectivity index (χ2v) is 10.9. The van der Waals surface area contributed by atoms with Crippen LogP contribution in [0, 0.1) is 0 Å². The summed E-state index contributed by atoms with van der Waals surface area (Å²) < 4.78 is 7.77. The third-order valence-corrected chi connectivity index (χ3v) is 8.65. The van der Waals surface area contributed by atoms with Crippen molar-refractivity contribution < 1.29 is 4.74 Å². The van der Waals surface area contributed by atoms with Gasteiger partial charge in [-0.15, -0.1) is 5.10 Å². The molecule has 0 spiro atoms. The minimum absolute atomic E-state index is 0.0666. The van der Waals surface area contributed by atoms with Gasteiger partial charge in [0.05, 0.1) is 12.6 Å². The second-order valence-electron chi connectivity index (χ2n) is 10.9. The monoisotopic (exact) mass is 505 g/mol. The van der Waals surface area contributed by atoms with Gasteiger partial charge >= 0.3 is 0 Å². The van der Waals surface area contributed by atoms with Crippen molar-refractivity contribution in [1.29, 1.82) is 0 Å². The van der Waals surface area contributed by atoms with Crippen molar-refractivity contribution in [2.45, 2.75) is 83.0 Å². The smallest absolute Gasteiger partial charge is 0.253 e. The average molecular weight is 506 g/mol. The fraction of sp³-hybridized carbons (Fsp3) is 0.643. The van der Waals surface area contributed by atoms with Gasteiger partial charge in [0.2, 0.25) is 0 Å². The summed E-state index contributed by atoms with van der Waals surface area (Å²) in [6.45, 7) is 7.37. The molecule has 0 bridgehead atoms. The molecule has 3 aromatic rings. The van der Waals surface area contributed by atoms with E-state index < -0.39 is 0 Å². The Hall–Kier alpha value is -2.62. The van der Waals surface area contributed by atoms with Crippen LogP contribution in [0.25, 0.3) is 10.9 Å². The van der Waals surface area contributed by atoms with E-state index in [-0.39, 0.29) is 17.7 Å². The largest absolute Gasteiger partial charge is 0.376 e. The highest BCUT2D eigenvalue weighted by molar-refractivity contribution is 5.80. The fourth-order valence-corrected chi connectivity index (χ4v) is 6.52. The maximum Gasteiger partial charge on any atom is 0.253 e. The Morgan fingerprint density at radius 1 is 1.05 bits per heavy atom. The molecule has 1 N–H and O–H groups in total. The summed E-state index contributed by atoms with van der Waals surface area (Å²) in [5.41, 5.74) is 2.77. The summed E-state index contributed by atoms with van der Waals surface area (Å²) in [6, 6.07) is 8.75. The van der Waals surface area contributed by atoms with Crippen molar-refractivity contribution in [3.05, 3.63) is 51.6 Å². The van der Waals surface area contributed by atoms with Crippen molar-refractivity contribution in [2.75, 3.05) is 32.8 Å². The van der Waals surface area contributed by atoms with Gasteiger partial charge in [0.25, 0.3) is 5.56 Å². The predicted octanol–water partition coefficient (Wildman–Crippen LogP) is 3.30. The number of pyridine rings is 1. The lowest BCUT2D eigenvalue weighted by Gasteiger charge is -2.43. The average Bonchev–Trinajstić information content (AvgIpc) is 3.63. The van der Waals surface area contributed by atoms with E-state index in [9.17, 15) is 4.79 Å². The van der Waals surface area contributed by atoms with Crippen LogP contribution in [0.1, 0.15) is 74.9 Å². The first kappa shape index (κ1) is 24.7. The minimum Gasteiger partial charge on any atom is -0.376 e. The predicted molar refractivity (Wildman–Crippen MR) is 143 cm³/mol. The molecule has 6 rings (SSSR count). The first-order valence-corrected chi connectivity index (χ1v) is 14.2. The number of nitrogens with one attached hydrogen (secondary N) is 1. The molecule has 1 aliphatic carbocycles. The molecule has 0 amide bonds. The number of aryl methyl sites for hydroxylation is 1. The molecule has 9 heteroatoms. The number of aromatic nitrogens is 5. The summed E-state index contributed by atoms with van der Waals surface area (Å²) in [7, 11) is 0. The van der Waals surface area contributed by atoms with Crippen molar-refractivity contribution >= 4 is 10.9 Å².